The number of para-hydroxylation sites is 1. The molecule has 27 heavy (non-hydrogen) atoms. The summed E-state index contributed by atoms with van der Waals surface area (Å²) in [5.41, 5.74) is 4.03. The van der Waals surface area contributed by atoms with Gasteiger partial charge in [-0.3, -0.25) is 9.59 Å². The molecule has 3 aromatic rings. The lowest BCUT2D eigenvalue weighted by molar-refractivity contribution is -0.116. The van der Waals surface area contributed by atoms with Crippen LogP contribution in [-0.4, -0.2) is 32.7 Å². The largest absolute Gasteiger partial charge is 0.308 e. The van der Waals surface area contributed by atoms with Crippen LogP contribution in [0.1, 0.15) is 23.7 Å². The smallest absolute Gasteiger partial charge is 0.261 e. The molecule has 1 aliphatic rings. The van der Waals surface area contributed by atoms with Gasteiger partial charge in [0.2, 0.25) is 5.91 Å². The first kappa shape index (κ1) is 17.7. The molecule has 4 rings (SSSR count). The Kier molecular flexibility index (Phi) is 4.47. The lowest BCUT2D eigenvalue weighted by Crippen LogP contribution is -2.37. The Hall–Kier alpha value is -2.67. The van der Waals surface area contributed by atoms with Crippen molar-refractivity contribution in [1.82, 2.24) is 15.0 Å². The highest BCUT2D eigenvalue weighted by molar-refractivity contribution is 7.99. The van der Waals surface area contributed by atoms with E-state index in [0.29, 0.717) is 16.2 Å². The molecule has 1 aliphatic heterocycles. The van der Waals surface area contributed by atoms with Crippen molar-refractivity contribution in [3.63, 3.8) is 0 Å². The van der Waals surface area contributed by atoms with Gasteiger partial charge in [-0.25, -0.2) is 9.97 Å². The van der Waals surface area contributed by atoms with Gasteiger partial charge < -0.3 is 9.88 Å². The number of pyridine rings is 1. The highest BCUT2D eigenvalue weighted by Gasteiger charge is 2.30. The molecule has 3 heterocycles. The Morgan fingerprint density at radius 1 is 1.30 bits per heavy atom. The van der Waals surface area contributed by atoms with Crippen molar-refractivity contribution in [2.24, 2.45) is 0 Å². The summed E-state index contributed by atoms with van der Waals surface area (Å²) < 4.78 is 0. The maximum Gasteiger partial charge on any atom is 0.261 e. The van der Waals surface area contributed by atoms with Gasteiger partial charge in [-0.2, -0.15) is 0 Å². The third-order valence-corrected chi connectivity index (χ3v) is 5.65. The second-order valence-electron chi connectivity index (χ2n) is 6.88. The molecule has 0 radical (unpaired) electrons. The summed E-state index contributed by atoms with van der Waals surface area (Å²) >= 11 is 1.23. The van der Waals surface area contributed by atoms with E-state index in [2.05, 4.69) is 21.0 Å². The lowest BCUT2D eigenvalue weighted by Gasteiger charge is -2.22. The highest BCUT2D eigenvalue weighted by atomic mass is 32.2. The Morgan fingerprint density at radius 2 is 2.07 bits per heavy atom. The third-order valence-electron chi connectivity index (χ3n) is 4.79. The van der Waals surface area contributed by atoms with Crippen LogP contribution in [0.15, 0.2) is 40.3 Å². The van der Waals surface area contributed by atoms with Crippen LogP contribution in [0.2, 0.25) is 0 Å². The number of H-pyrrole nitrogens is 1. The number of hydrogen-bond acceptors (Lipinski definition) is 5. The number of aromatic amines is 1. The molecule has 1 amide bonds. The van der Waals surface area contributed by atoms with Gasteiger partial charge in [0.25, 0.3) is 5.56 Å². The summed E-state index contributed by atoms with van der Waals surface area (Å²) in [6.07, 6.45) is 0.861. The fraction of sp³-hybridized carbons (Fsp3) is 0.300. The van der Waals surface area contributed by atoms with Crippen molar-refractivity contribution >= 4 is 34.4 Å². The van der Waals surface area contributed by atoms with Crippen LogP contribution < -0.4 is 10.5 Å². The zero-order chi connectivity index (χ0) is 19.1. The summed E-state index contributed by atoms with van der Waals surface area (Å²) in [4.78, 5) is 38.6. The summed E-state index contributed by atoms with van der Waals surface area (Å²) in [7, 11) is 0. The minimum absolute atomic E-state index is 0.00794. The van der Waals surface area contributed by atoms with Crippen molar-refractivity contribution in [2.45, 2.75) is 38.4 Å². The van der Waals surface area contributed by atoms with Gasteiger partial charge in [-0.1, -0.05) is 30.0 Å². The number of aromatic nitrogens is 3. The van der Waals surface area contributed by atoms with Crippen LogP contribution in [0.4, 0.5) is 5.69 Å². The molecule has 6 nitrogen and oxygen atoms in total. The molecule has 0 spiro atoms. The van der Waals surface area contributed by atoms with Crippen molar-refractivity contribution < 1.29 is 4.79 Å². The molecule has 1 unspecified atom stereocenters. The second kappa shape index (κ2) is 6.81. The van der Waals surface area contributed by atoms with Gasteiger partial charge in [0, 0.05) is 17.4 Å². The van der Waals surface area contributed by atoms with Crippen molar-refractivity contribution in [1.29, 1.82) is 0 Å². The number of thioether (sulfide) groups is 1. The molecule has 1 atom stereocenters. The summed E-state index contributed by atoms with van der Waals surface area (Å²) in [6, 6.07) is 9.98. The second-order valence-corrected chi connectivity index (χ2v) is 7.85. The predicted molar refractivity (Wildman–Crippen MR) is 107 cm³/mol. The zero-order valence-electron chi connectivity index (χ0n) is 15.4. The summed E-state index contributed by atoms with van der Waals surface area (Å²) in [6.45, 7) is 5.79. The maximum absolute atomic E-state index is 12.8. The molecular formula is C20H20N4O2S. The number of aryl methyl sites for hydroxylation is 2. The van der Waals surface area contributed by atoms with E-state index in [1.165, 1.54) is 17.3 Å². The van der Waals surface area contributed by atoms with Gasteiger partial charge in [-0.05, 0) is 50.5 Å². The normalized spacial score (nSPS) is 16.0. The molecular weight excluding hydrogens is 360 g/mol. The molecule has 7 heteroatoms. The van der Waals surface area contributed by atoms with Crippen LogP contribution in [0, 0.1) is 13.8 Å². The molecule has 138 valence electrons. The number of nitrogens with zero attached hydrogens (tertiary/aromatic N) is 3. The Morgan fingerprint density at radius 3 is 2.89 bits per heavy atom. The van der Waals surface area contributed by atoms with Crippen molar-refractivity contribution in [2.75, 3.05) is 10.7 Å². The Bertz CT molecular complexity index is 1110. The number of carbonyl (C=O) groups is 1. The summed E-state index contributed by atoms with van der Waals surface area (Å²) in [5.74, 6) is 0.214. The third kappa shape index (κ3) is 3.23. The quantitative estimate of drug-likeness (QED) is 0.558. The fourth-order valence-electron chi connectivity index (χ4n) is 3.68. The molecule has 0 bridgehead atoms. The number of fused-ring (bicyclic) bond motifs is 2. The van der Waals surface area contributed by atoms with E-state index in [1.807, 2.05) is 49.9 Å². The van der Waals surface area contributed by atoms with E-state index < -0.39 is 0 Å². The maximum atomic E-state index is 12.8. The Labute approximate surface area is 161 Å². The van der Waals surface area contributed by atoms with E-state index in [-0.39, 0.29) is 23.3 Å². The first-order valence-electron chi connectivity index (χ1n) is 8.85. The molecule has 1 aromatic carbocycles. The number of nitrogens with one attached hydrogen (secondary N) is 1. The number of rotatable bonds is 3. The molecule has 0 fully saturated rings. The van der Waals surface area contributed by atoms with E-state index in [1.54, 1.807) is 0 Å². The average Bonchev–Trinajstić information content (AvgIpc) is 2.94. The summed E-state index contributed by atoms with van der Waals surface area (Å²) in [5, 5.41) is 0.914. The van der Waals surface area contributed by atoms with Crippen molar-refractivity contribution in [3.05, 3.63) is 57.5 Å². The molecule has 0 saturated heterocycles. The predicted octanol–water partition coefficient (Wildman–Crippen LogP) is 3.00. The Balaban J connectivity index is 1.57. The van der Waals surface area contributed by atoms with Crippen LogP contribution in [0.25, 0.3) is 11.0 Å². The fourth-order valence-corrected chi connectivity index (χ4v) is 4.39. The van der Waals surface area contributed by atoms with E-state index in [0.717, 1.165) is 23.4 Å². The van der Waals surface area contributed by atoms with Gasteiger partial charge in [0.05, 0.1) is 11.1 Å². The van der Waals surface area contributed by atoms with Gasteiger partial charge >= 0.3 is 0 Å². The van der Waals surface area contributed by atoms with Gasteiger partial charge in [0.15, 0.2) is 10.8 Å². The number of amides is 1. The van der Waals surface area contributed by atoms with Crippen molar-refractivity contribution in [3.8, 4) is 0 Å². The molecule has 0 aliphatic carbocycles. The topological polar surface area (TPSA) is 79.0 Å². The number of carbonyl (C=O) groups excluding carboxylic acids is 1. The average molecular weight is 380 g/mol. The van der Waals surface area contributed by atoms with Crippen LogP contribution in [0.3, 0.4) is 0 Å². The first-order valence-corrected chi connectivity index (χ1v) is 9.83. The minimum atomic E-state index is -0.222. The van der Waals surface area contributed by atoms with E-state index in [9.17, 15) is 9.59 Å². The number of benzene rings is 1. The first-order chi connectivity index (χ1) is 12.9. The number of anilines is 1. The minimum Gasteiger partial charge on any atom is -0.308 e. The van der Waals surface area contributed by atoms with Crippen LogP contribution in [-0.2, 0) is 11.2 Å². The zero-order valence-corrected chi connectivity index (χ0v) is 16.3. The van der Waals surface area contributed by atoms with Gasteiger partial charge in [0.1, 0.15) is 0 Å². The molecule has 1 N–H and O–H groups in total. The van der Waals surface area contributed by atoms with E-state index >= 15 is 0 Å². The number of hydrogen-bond donors (Lipinski definition) is 1. The van der Waals surface area contributed by atoms with E-state index in [4.69, 9.17) is 0 Å². The lowest BCUT2D eigenvalue weighted by atomic mass is 10.1. The van der Waals surface area contributed by atoms with Gasteiger partial charge in [-0.15, -0.1) is 0 Å². The standard InChI is InChI=1S/C20H20N4O2S/c1-11-8-12(2)21-18-17(11)19(26)23-20(22-18)27-10-16(25)24-13(3)9-14-6-4-5-7-15(14)24/h4-8,13H,9-10H2,1-3H3,(H,21,22,23,26). The molecule has 2 aromatic heterocycles. The monoisotopic (exact) mass is 380 g/mol. The highest BCUT2D eigenvalue weighted by Crippen LogP contribution is 2.32. The van der Waals surface area contributed by atoms with Crippen LogP contribution >= 0.6 is 11.8 Å². The SMILES string of the molecule is Cc1cc(C)c2c(=O)[nH]c(SCC(=O)N3c4ccccc4CC3C)nc2n1. The van der Waals surface area contributed by atoms with Crippen LogP contribution in [0.5, 0.6) is 0 Å². The molecule has 0 saturated carbocycles.